The standard InChI is InChI=1S/C11H15BF3NO2/c1-2-16(8-11(13,14)15)7-9-4-3-5-10(6-9)12(17)18/h3-6,17-18H,2,7-8H2,1H3. The molecule has 0 aliphatic rings. The molecular weight excluding hydrogens is 246 g/mol. The first-order valence-corrected chi connectivity index (χ1v) is 5.56. The maximum absolute atomic E-state index is 12.3. The van der Waals surface area contributed by atoms with Gasteiger partial charge in [0.1, 0.15) is 0 Å². The van der Waals surface area contributed by atoms with Gasteiger partial charge in [0.05, 0.1) is 6.54 Å². The third kappa shape index (κ3) is 5.08. The van der Waals surface area contributed by atoms with Crippen molar-refractivity contribution in [2.45, 2.75) is 19.6 Å². The van der Waals surface area contributed by atoms with Gasteiger partial charge in [0.25, 0.3) is 0 Å². The normalized spacial score (nSPS) is 11.9. The number of hydrogen-bond acceptors (Lipinski definition) is 3. The fourth-order valence-corrected chi connectivity index (χ4v) is 1.64. The summed E-state index contributed by atoms with van der Waals surface area (Å²) in [7, 11) is -1.61. The monoisotopic (exact) mass is 261 g/mol. The van der Waals surface area contributed by atoms with Crippen molar-refractivity contribution >= 4 is 12.6 Å². The number of hydrogen-bond donors (Lipinski definition) is 2. The maximum Gasteiger partial charge on any atom is 0.488 e. The van der Waals surface area contributed by atoms with E-state index < -0.39 is 19.8 Å². The predicted molar refractivity (Wildman–Crippen MR) is 63.3 cm³/mol. The summed E-state index contributed by atoms with van der Waals surface area (Å²) in [6, 6.07) is 6.24. The molecule has 0 atom stereocenters. The van der Waals surface area contributed by atoms with E-state index in [1.807, 2.05) is 0 Å². The second-order valence-electron chi connectivity index (χ2n) is 4.04. The van der Waals surface area contributed by atoms with Crippen molar-refractivity contribution in [3.05, 3.63) is 29.8 Å². The summed E-state index contributed by atoms with van der Waals surface area (Å²) < 4.78 is 36.8. The molecule has 0 unspecified atom stereocenters. The molecular formula is C11H15BF3NO2. The Labute approximate surface area is 104 Å². The summed E-state index contributed by atoms with van der Waals surface area (Å²) in [6.45, 7) is 1.06. The average Bonchev–Trinajstić information content (AvgIpc) is 2.26. The predicted octanol–water partition coefficient (Wildman–Crippen LogP) is 0.751. The van der Waals surface area contributed by atoms with Crippen molar-refractivity contribution in [1.29, 1.82) is 0 Å². The van der Waals surface area contributed by atoms with Gasteiger partial charge in [0, 0.05) is 6.54 Å². The molecule has 0 fully saturated rings. The summed E-state index contributed by atoms with van der Waals surface area (Å²) >= 11 is 0. The molecule has 0 heterocycles. The molecule has 1 aromatic carbocycles. The van der Waals surface area contributed by atoms with Gasteiger partial charge in [0.2, 0.25) is 0 Å². The Morgan fingerprint density at radius 2 is 1.94 bits per heavy atom. The Morgan fingerprint density at radius 1 is 1.28 bits per heavy atom. The van der Waals surface area contributed by atoms with E-state index in [2.05, 4.69) is 0 Å². The highest BCUT2D eigenvalue weighted by atomic mass is 19.4. The average molecular weight is 261 g/mol. The summed E-state index contributed by atoms with van der Waals surface area (Å²) in [5.41, 5.74) is 0.891. The Kier molecular flexibility index (Phi) is 5.19. The molecule has 1 aromatic rings. The molecule has 0 saturated heterocycles. The lowest BCUT2D eigenvalue weighted by molar-refractivity contribution is -0.146. The molecule has 18 heavy (non-hydrogen) atoms. The van der Waals surface area contributed by atoms with Crippen LogP contribution in [0.5, 0.6) is 0 Å². The van der Waals surface area contributed by atoms with E-state index in [1.165, 1.54) is 17.0 Å². The highest BCUT2D eigenvalue weighted by molar-refractivity contribution is 6.58. The van der Waals surface area contributed by atoms with E-state index in [9.17, 15) is 13.2 Å². The van der Waals surface area contributed by atoms with E-state index in [4.69, 9.17) is 10.0 Å². The van der Waals surface area contributed by atoms with Gasteiger partial charge < -0.3 is 10.0 Å². The quantitative estimate of drug-likeness (QED) is 0.769. The van der Waals surface area contributed by atoms with Gasteiger partial charge in [-0.3, -0.25) is 4.90 Å². The molecule has 2 N–H and O–H groups in total. The van der Waals surface area contributed by atoms with Crippen LogP contribution in [0.25, 0.3) is 0 Å². The van der Waals surface area contributed by atoms with Crippen LogP contribution in [-0.2, 0) is 6.54 Å². The Morgan fingerprint density at radius 3 is 2.44 bits per heavy atom. The van der Waals surface area contributed by atoms with E-state index in [-0.39, 0.29) is 18.6 Å². The molecule has 3 nitrogen and oxygen atoms in total. The summed E-state index contributed by atoms with van der Waals surface area (Å²) in [6.07, 6.45) is -4.23. The molecule has 0 saturated carbocycles. The summed E-state index contributed by atoms with van der Waals surface area (Å²) in [5.74, 6) is 0. The summed E-state index contributed by atoms with van der Waals surface area (Å²) in [5, 5.41) is 18.0. The summed E-state index contributed by atoms with van der Waals surface area (Å²) in [4.78, 5) is 1.24. The Balaban J connectivity index is 2.73. The molecule has 0 aliphatic heterocycles. The first-order chi connectivity index (χ1) is 8.31. The number of alkyl halides is 3. The number of nitrogens with zero attached hydrogens (tertiary/aromatic N) is 1. The third-order valence-corrected chi connectivity index (χ3v) is 2.51. The topological polar surface area (TPSA) is 43.7 Å². The van der Waals surface area contributed by atoms with Gasteiger partial charge in [0.15, 0.2) is 0 Å². The van der Waals surface area contributed by atoms with E-state index >= 15 is 0 Å². The molecule has 0 aliphatic carbocycles. The van der Waals surface area contributed by atoms with Gasteiger partial charge in [-0.05, 0) is 17.6 Å². The van der Waals surface area contributed by atoms with Crippen molar-refractivity contribution in [3.63, 3.8) is 0 Å². The lowest BCUT2D eigenvalue weighted by Gasteiger charge is -2.22. The first-order valence-electron chi connectivity index (χ1n) is 5.56. The number of halogens is 3. The van der Waals surface area contributed by atoms with Gasteiger partial charge in [-0.15, -0.1) is 0 Å². The van der Waals surface area contributed by atoms with Crippen LogP contribution in [-0.4, -0.2) is 41.3 Å². The van der Waals surface area contributed by atoms with Crippen molar-refractivity contribution in [1.82, 2.24) is 4.90 Å². The van der Waals surface area contributed by atoms with Crippen LogP contribution in [0.1, 0.15) is 12.5 Å². The van der Waals surface area contributed by atoms with E-state index in [0.717, 1.165) is 0 Å². The van der Waals surface area contributed by atoms with Crippen molar-refractivity contribution in [2.24, 2.45) is 0 Å². The lowest BCUT2D eigenvalue weighted by Crippen LogP contribution is -2.34. The molecule has 0 amide bonds. The number of rotatable bonds is 5. The second kappa shape index (κ2) is 6.22. The van der Waals surface area contributed by atoms with Gasteiger partial charge >= 0.3 is 13.3 Å². The molecule has 0 spiro atoms. The Bertz CT molecular complexity index is 385. The molecule has 0 bridgehead atoms. The fourth-order valence-electron chi connectivity index (χ4n) is 1.64. The van der Waals surface area contributed by atoms with Crippen LogP contribution in [0.15, 0.2) is 24.3 Å². The van der Waals surface area contributed by atoms with E-state index in [0.29, 0.717) is 5.56 Å². The zero-order valence-corrected chi connectivity index (χ0v) is 9.98. The maximum atomic E-state index is 12.3. The van der Waals surface area contributed by atoms with Gasteiger partial charge in [-0.1, -0.05) is 31.2 Å². The first kappa shape index (κ1) is 15.0. The van der Waals surface area contributed by atoms with E-state index in [1.54, 1.807) is 19.1 Å². The highest BCUT2D eigenvalue weighted by Crippen LogP contribution is 2.17. The van der Waals surface area contributed by atoms with Crippen LogP contribution >= 0.6 is 0 Å². The van der Waals surface area contributed by atoms with Crippen LogP contribution in [0, 0.1) is 0 Å². The third-order valence-electron chi connectivity index (χ3n) is 2.51. The highest BCUT2D eigenvalue weighted by Gasteiger charge is 2.30. The zero-order chi connectivity index (χ0) is 13.8. The lowest BCUT2D eigenvalue weighted by atomic mass is 9.79. The molecule has 7 heteroatoms. The van der Waals surface area contributed by atoms with Crippen molar-refractivity contribution in [3.8, 4) is 0 Å². The van der Waals surface area contributed by atoms with Crippen molar-refractivity contribution < 1.29 is 23.2 Å². The fraction of sp³-hybridized carbons (Fsp3) is 0.455. The molecule has 100 valence electrons. The SMILES string of the molecule is CCN(Cc1cccc(B(O)O)c1)CC(F)(F)F. The Hall–Kier alpha value is -1.05. The van der Waals surface area contributed by atoms with Crippen LogP contribution in [0.3, 0.4) is 0 Å². The van der Waals surface area contributed by atoms with Gasteiger partial charge in [-0.25, -0.2) is 0 Å². The zero-order valence-electron chi connectivity index (χ0n) is 9.98. The second-order valence-corrected chi connectivity index (χ2v) is 4.04. The largest absolute Gasteiger partial charge is 0.488 e. The minimum Gasteiger partial charge on any atom is -0.423 e. The minimum absolute atomic E-state index is 0.122. The van der Waals surface area contributed by atoms with Crippen LogP contribution in [0.4, 0.5) is 13.2 Å². The van der Waals surface area contributed by atoms with Crippen LogP contribution in [0.2, 0.25) is 0 Å². The van der Waals surface area contributed by atoms with Gasteiger partial charge in [-0.2, -0.15) is 13.2 Å². The molecule has 0 aromatic heterocycles. The molecule has 1 rings (SSSR count). The van der Waals surface area contributed by atoms with Crippen LogP contribution < -0.4 is 5.46 Å². The smallest absolute Gasteiger partial charge is 0.423 e. The van der Waals surface area contributed by atoms with Crippen molar-refractivity contribution in [2.75, 3.05) is 13.1 Å². The molecule has 0 radical (unpaired) electrons. The number of benzene rings is 1. The minimum atomic E-state index is -4.23.